The number of aliphatic hydroxyl groups is 1. The predicted molar refractivity (Wildman–Crippen MR) is 60.8 cm³/mol. The molecule has 0 fully saturated rings. The van der Waals surface area contributed by atoms with Gasteiger partial charge in [-0.25, -0.2) is 0 Å². The van der Waals surface area contributed by atoms with Crippen LogP contribution in [0.25, 0.3) is 0 Å². The molecule has 0 saturated heterocycles. The van der Waals surface area contributed by atoms with Gasteiger partial charge in [-0.05, 0) is 33.1 Å². The SMILES string of the molecule is COCC(C)OCCCCC(C)(N)CO. The Bertz CT molecular complexity index is 151. The Balaban J connectivity index is 3.32. The average molecular weight is 219 g/mol. The molecule has 0 aromatic carbocycles. The molecule has 0 saturated carbocycles. The van der Waals surface area contributed by atoms with E-state index >= 15 is 0 Å². The number of nitrogens with two attached hydrogens (primary N) is 1. The topological polar surface area (TPSA) is 64.7 Å². The summed E-state index contributed by atoms with van der Waals surface area (Å²) in [6.45, 7) is 5.25. The summed E-state index contributed by atoms with van der Waals surface area (Å²) in [5, 5.41) is 8.94. The Morgan fingerprint density at radius 2 is 2.07 bits per heavy atom. The third-order valence-corrected chi connectivity index (χ3v) is 2.31. The van der Waals surface area contributed by atoms with Crippen molar-refractivity contribution in [3.8, 4) is 0 Å². The second-order valence-corrected chi connectivity index (χ2v) is 4.41. The van der Waals surface area contributed by atoms with E-state index in [-0.39, 0.29) is 12.7 Å². The van der Waals surface area contributed by atoms with Gasteiger partial charge in [-0.2, -0.15) is 0 Å². The van der Waals surface area contributed by atoms with Gasteiger partial charge in [0.2, 0.25) is 0 Å². The quantitative estimate of drug-likeness (QED) is 0.566. The first-order valence-electron chi connectivity index (χ1n) is 5.52. The second-order valence-electron chi connectivity index (χ2n) is 4.41. The molecular formula is C11H25NO3. The molecule has 0 rings (SSSR count). The van der Waals surface area contributed by atoms with Crippen molar-refractivity contribution < 1.29 is 14.6 Å². The Hall–Kier alpha value is -0.160. The van der Waals surface area contributed by atoms with Crippen LogP contribution in [0.5, 0.6) is 0 Å². The minimum absolute atomic E-state index is 0.0356. The number of aliphatic hydroxyl groups excluding tert-OH is 1. The third kappa shape index (κ3) is 8.81. The van der Waals surface area contributed by atoms with Crippen molar-refractivity contribution in [2.75, 3.05) is 26.9 Å². The highest BCUT2D eigenvalue weighted by Crippen LogP contribution is 2.09. The van der Waals surface area contributed by atoms with Crippen LogP contribution in [0.1, 0.15) is 33.1 Å². The van der Waals surface area contributed by atoms with Crippen LogP contribution in [-0.4, -0.2) is 43.7 Å². The minimum Gasteiger partial charge on any atom is -0.394 e. The molecule has 3 N–H and O–H groups in total. The number of hydrogen-bond donors (Lipinski definition) is 2. The maximum atomic E-state index is 8.94. The van der Waals surface area contributed by atoms with E-state index in [2.05, 4.69) is 0 Å². The van der Waals surface area contributed by atoms with Gasteiger partial charge >= 0.3 is 0 Å². The van der Waals surface area contributed by atoms with Crippen molar-refractivity contribution in [1.82, 2.24) is 0 Å². The number of methoxy groups -OCH3 is 1. The zero-order valence-corrected chi connectivity index (χ0v) is 10.2. The maximum Gasteiger partial charge on any atom is 0.0780 e. The smallest absolute Gasteiger partial charge is 0.0780 e. The molecule has 0 spiro atoms. The first-order chi connectivity index (χ1) is 7.02. The molecule has 4 heteroatoms. The first-order valence-corrected chi connectivity index (χ1v) is 5.52. The van der Waals surface area contributed by atoms with Crippen molar-refractivity contribution in [3.05, 3.63) is 0 Å². The monoisotopic (exact) mass is 219 g/mol. The molecule has 2 unspecified atom stereocenters. The minimum atomic E-state index is -0.446. The number of ether oxygens (including phenoxy) is 2. The van der Waals surface area contributed by atoms with Gasteiger partial charge in [0.15, 0.2) is 0 Å². The van der Waals surface area contributed by atoms with E-state index in [4.69, 9.17) is 20.3 Å². The van der Waals surface area contributed by atoms with Gasteiger partial charge in [0.25, 0.3) is 0 Å². The van der Waals surface area contributed by atoms with E-state index in [0.717, 1.165) is 25.9 Å². The number of unbranched alkanes of at least 4 members (excludes halogenated alkanes) is 1. The fourth-order valence-electron chi connectivity index (χ4n) is 1.28. The Kier molecular flexibility index (Phi) is 7.96. The summed E-state index contributed by atoms with van der Waals surface area (Å²) >= 11 is 0. The lowest BCUT2D eigenvalue weighted by atomic mass is 9.97. The summed E-state index contributed by atoms with van der Waals surface area (Å²) in [6.07, 6.45) is 2.93. The second kappa shape index (κ2) is 8.05. The van der Waals surface area contributed by atoms with Crippen molar-refractivity contribution in [2.45, 2.75) is 44.8 Å². The van der Waals surface area contributed by atoms with Gasteiger partial charge in [-0.3, -0.25) is 0 Å². The number of rotatable bonds is 9. The number of hydrogen-bond acceptors (Lipinski definition) is 4. The van der Waals surface area contributed by atoms with Gasteiger partial charge in [-0.1, -0.05) is 0 Å². The third-order valence-electron chi connectivity index (χ3n) is 2.31. The Morgan fingerprint density at radius 1 is 1.40 bits per heavy atom. The van der Waals surface area contributed by atoms with E-state index in [1.807, 2.05) is 13.8 Å². The van der Waals surface area contributed by atoms with Gasteiger partial charge in [0.05, 0.1) is 19.3 Å². The van der Waals surface area contributed by atoms with E-state index < -0.39 is 5.54 Å². The molecule has 0 aliphatic rings. The average Bonchev–Trinajstić information content (AvgIpc) is 2.17. The molecule has 0 aliphatic heterocycles. The molecule has 0 aromatic rings. The van der Waals surface area contributed by atoms with E-state index in [9.17, 15) is 0 Å². The molecular weight excluding hydrogens is 194 g/mol. The van der Waals surface area contributed by atoms with Gasteiger partial charge in [-0.15, -0.1) is 0 Å². The van der Waals surface area contributed by atoms with Gasteiger partial charge < -0.3 is 20.3 Å². The van der Waals surface area contributed by atoms with Crippen LogP contribution in [0.2, 0.25) is 0 Å². The van der Waals surface area contributed by atoms with Crippen LogP contribution in [-0.2, 0) is 9.47 Å². The molecule has 92 valence electrons. The van der Waals surface area contributed by atoms with Crippen LogP contribution in [0, 0.1) is 0 Å². The summed E-state index contributed by atoms with van der Waals surface area (Å²) < 4.78 is 10.5. The van der Waals surface area contributed by atoms with Crippen LogP contribution in [0.3, 0.4) is 0 Å². The summed E-state index contributed by atoms with van der Waals surface area (Å²) in [5.74, 6) is 0. The van der Waals surface area contributed by atoms with Crippen LogP contribution in [0.15, 0.2) is 0 Å². The molecule has 2 atom stereocenters. The van der Waals surface area contributed by atoms with Crippen molar-refractivity contribution in [2.24, 2.45) is 5.73 Å². The van der Waals surface area contributed by atoms with Gasteiger partial charge in [0.1, 0.15) is 0 Å². The van der Waals surface area contributed by atoms with E-state index in [0.29, 0.717) is 6.61 Å². The van der Waals surface area contributed by atoms with Crippen molar-refractivity contribution in [1.29, 1.82) is 0 Å². The molecule has 0 radical (unpaired) electrons. The molecule has 4 nitrogen and oxygen atoms in total. The van der Waals surface area contributed by atoms with Crippen molar-refractivity contribution >= 4 is 0 Å². The Morgan fingerprint density at radius 3 is 2.60 bits per heavy atom. The fourth-order valence-corrected chi connectivity index (χ4v) is 1.28. The first kappa shape index (κ1) is 14.8. The Labute approximate surface area is 92.7 Å². The highest BCUT2D eigenvalue weighted by molar-refractivity contribution is 4.76. The lowest BCUT2D eigenvalue weighted by Crippen LogP contribution is -2.39. The molecule has 0 heterocycles. The van der Waals surface area contributed by atoms with E-state index in [1.165, 1.54) is 0 Å². The summed E-state index contributed by atoms with van der Waals surface area (Å²) in [6, 6.07) is 0. The zero-order chi connectivity index (χ0) is 11.7. The highest BCUT2D eigenvalue weighted by Gasteiger charge is 2.15. The van der Waals surface area contributed by atoms with Crippen LogP contribution < -0.4 is 5.73 Å². The fraction of sp³-hybridized carbons (Fsp3) is 1.00. The van der Waals surface area contributed by atoms with Gasteiger partial charge in [0, 0.05) is 19.3 Å². The summed E-state index contributed by atoms with van der Waals surface area (Å²) in [5.41, 5.74) is 5.35. The van der Waals surface area contributed by atoms with Crippen LogP contribution >= 0.6 is 0 Å². The zero-order valence-electron chi connectivity index (χ0n) is 10.2. The molecule has 0 aliphatic carbocycles. The lowest BCUT2D eigenvalue weighted by molar-refractivity contribution is 0.00712. The normalized spacial score (nSPS) is 17.4. The molecule has 15 heavy (non-hydrogen) atoms. The highest BCUT2D eigenvalue weighted by atomic mass is 16.5. The molecule has 0 bridgehead atoms. The van der Waals surface area contributed by atoms with E-state index in [1.54, 1.807) is 7.11 Å². The maximum absolute atomic E-state index is 8.94. The molecule has 0 amide bonds. The van der Waals surface area contributed by atoms with Crippen molar-refractivity contribution in [3.63, 3.8) is 0 Å². The molecule has 0 aromatic heterocycles. The summed E-state index contributed by atoms with van der Waals surface area (Å²) in [4.78, 5) is 0. The summed E-state index contributed by atoms with van der Waals surface area (Å²) in [7, 11) is 1.67. The standard InChI is InChI=1S/C11H25NO3/c1-10(8-14-3)15-7-5-4-6-11(2,12)9-13/h10,13H,4-9,12H2,1-3H3. The predicted octanol–water partition coefficient (Wildman–Crippen LogP) is 0.918. The van der Waals surface area contributed by atoms with Crippen LogP contribution in [0.4, 0.5) is 0 Å². The largest absolute Gasteiger partial charge is 0.394 e. The lowest BCUT2D eigenvalue weighted by Gasteiger charge is -2.21.